The molecule has 0 unspecified atom stereocenters. The van der Waals surface area contributed by atoms with Crippen molar-refractivity contribution in [2.24, 2.45) is 0 Å². The van der Waals surface area contributed by atoms with Gasteiger partial charge in [-0.15, -0.1) is 0 Å². The van der Waals surface area contributed by atoms with E-state index in [9.17, 15) is 0 Å². The molecule has 2 rings (SSSR count). The number of ether oxygens (including phenoxy) is 1. The summed E-state index contributed by atoms with van der Waals surface area (Å²) in [6, 6.07) is 8.38. The van der Waals surface area contributed by atoms with Crippen LogP contribution in [0.3, 0.4) is 0 Å². The van der Waals surface area contributed by atoms with Gasteiger partial charge in [0.2, 0.25) is 5.28 Å². The maximum Gasteiger partial charge on any atom is 0.321 e. The van der Waals surface area contributed by atoms with Gasteiger partial charge >= 0.3 is 6.01 Å². The van der Waals surface area contributed by atoms with Gasteiger partial charge in [-0.3, -0.25) is 0 Å². The second kappa shape index (κ2) is 5.75. The van der Waals surface area contributed by atoms with E-state index in [4.69, 9.17) is 16.3 Å². The molecule has 0 aliphatic carbocycles. The van der Waals surface area contributed by atoms with E-state index >= 15 is 0 Å². The molecule has 5 heteroatoms. The van der Waals surface area contributed by atoms with Crippen LogP contribution in [0.15, 0.2) is 24.3 Å². The molecule has 0 spiro atoms. The third-order valence-electron chi connectivity index (χ3n) is 2.87. The summed E-state index contributed by atoms with van der Waals surface area (Å²) in [6.45, 7) is 8.89. The molecule has 1 heterocycles. The number of halogens is 1. The van der Waals surface area contributed by atoms with Crippen molar-refractivity contribution in [1.29, 1.82) is 0 Å². The van der Waals surface area contributed by atoms with Crippen LogP contribution < -0.4 is 4.74 Å². The van der Waals surface area contributed by atoms with E-state index in [0.29, 0.717) is 12.4 Å². The number of hydrogen-bond acceptors (Lipinski definition) is 4. The zero-order valence-electron chi connectivity index (χ0n) is 12.1. The lowest BCUT2D eigenvalue weighted by molar-refractivity contribution is 0.312. The summed E-state index contributed by atoms with van der Waals surface area (Å²) in [7, 11) is 0. The molecule has 0 fully saturated rings. The van der Waals surface area contributed by atoms with Gasteiger partial charge in [-0.2, -0.15) is 15.0 Å². The summed E-state index contributed by atoms with van der Waals surface area (Å²) in [5, 5.41) is 0.137. The Kier molecular flexibility index (Phi) is 4.23. The molecule has 20 heavy (non-hydrogen) atoms. The van der Waals surface area contributed by atoms with Gasteiger partial charge in [-0.05, 0) is 29.5 Å². The predicted molar refractivity (Wildman–Crippen MR) is 80.1 cm³/mol. The van der Waals surface area contributed by atoms with Crippen LogP contribution in [-0.2, 0) is 5.41 Å². The van der Waals surface area contributed by atoms with Crippen LogP contribution in [0, 0.1) is 0 Å². The van der Waals surface area contributed by atoms with Crippen molar-refractivity contribution in [3.8, 4) is 17.4 Å². The summed E-state index contributed by atoms with van der Waals surface area (Å²) < 4.78 is 5.28. The van der Waals surface area contributed by atoms with E-state index in [1.807, 2.05) is 19.1 Å². The highest BCUT2D eigenvalue weighted by atomic mass is 35.5. The Hall–Kier alpha value is -1.68. The zero-order chi connectivity index (χ0) is 14.8. The lowest BCUT2D eigenvalue weighted by atomic mass is 9.87. The molecule has 0 saturated carbocycles. The number of benzene rings is 1. The molecule has 4 nitrogen and oxygen atoms in total. The van der Waals surface area contributed by atoms with E-state index < -0.39 is 0 Å². The van der Waals surface area contributed by atoms with Gasteiger partial charge in [0.25, 0.3) is 0 Å². The average Bonchev–Trinajstić information content (AvgIpc) is 2.37. The monoisotopic (exact) mass is 291 g/mol. The summed E-state index contributed by atoms with van der Waals surface area (Å²) in [6.07, 6.45) is 0. The van der Waals surface area contributed by atoms with Gasteiger partial charge in [0.1, 0.15) is 0 Å². The Morgan fingerprint density at radius 1 is 1.05 bits per heavy atom. The van der Waals surface area contributed by atoms with Crippen molar-refractivity contribution in [3.63, 3.8) is 0 Å². The molecule has 106 valence electrons. The highest BCUT2D eigenvalue weighted by Gasteiger charge is 2.14. The van der Waals surface area contributed by atoms with Gasteiger partial charge < -0.3 is 4.74 Å². The lowest BCUT2D eigenvalue weighted by Crippen LogP contribution is -2.10. The quantitative estimate of drug-likeness (QED) is 0.861. The third kappa shape index (κ3) is 3.45. The van der Waals surface area contributed by atoms with Gasteiger partial charge in [0.15, 0.2) is 5.82 Å². The van der Waals surface area contributed by atoms with Gasteiger partial charge in [-0.1, -0.05) is 45.0 Å². The molecule has 2 aromatic rings. The molecule has 0 aliphatic heterocycles. The molecule has 1 aromatic carbocycles. The summed E-state index contributed by atoms with van der Waals surface area (Å²) >= 11 is 5.90. The molecule has 0 aliphatic rings. The Labute approximate surface area is 124 Å². The van der Waals surface area contributed by atoms with E-state index in [1.165, 1.54) is 5.56 Å². The molecular weight excluding hydrogens is 274 g/mol. The van der Waals surface area contributed by atoms with Crippen LogP contribution in [0.2, 0.25) is 5.28 Å². The van der Waals surface area contributed by atoms with Crippen molar-refractivity contribution in [2.75, 3.05) is 6.61 Å². The van der Waals surface area contributed by atoms with Crippen molar-refractivity contribution in [2.45, 2.75) is 33.1 Å². The van der Waals surface area contributed by atoms with E-state index in [2.05, 4.69) is 47.9 Å². The second-order valence-corrected chi connectivity index (χ2v) is 5.81. The van der Waals surface area contributed by atoms with E-state index in [0.717, 1.165) is 5.56 Å². The van der Waals surface area contributed by atoms with E-state index in [-0.39, 0.29) is 16.7 Å². The summed E-state index contributed by atoms with van der Waals surface area (Å²) in [5.41, 5.74) is 2.26. The molecule has 1 aromatic heterocycles. The standard InChI is InChI=1S/C15H18ClN3O/c1-5-20-14-18-12(17-13(16)19-14)10-6-8-11(9-7-10)15(2,3)4/h6-9H,5H2,1-4H3. The normalized spacial score (nSPS) is 11.4. The molecule has 0 amide bonds. The van der Waals surface area contributed by atoms with Crippen LogP contribution in [0.5, 0.6) is 6.01 Å². The van der Waals surface area contributed by atoms with Gasteiger partial charge in [0.05, 0.1) is 6.61 Å². The third-order valence-corrected chi connectivity index (χ3v) is 3.04. The number of hydrogen-bond donors (Lipinski definition) is 0. The largest absolute Gasteiger partial charge is 0.464 e. The topological polar surface area (TPSA) is 47.9 Å². The molecule has 0 saturated heterocycles. The van der Waals surface area contributed by atoms with Crippen LogP contribution >= 0.6 is 11.6 Å². The molecular formula is C15H18ClN3O. The maximum atomic E-state index is 5.90. The van der Waals surface area contributed by atoms with Crippen LogP contribution in [-0.4, -0.2) is 21.6 Å². The average molecular weight is 292 g/mol. The minimum absolute atomic E-state index is 0.117. The smallest absolute Gasteiger partial charge is 0.321 e. The Morgan fingerprint density at radius 3 is 2.25 bits per heavy atom. The molecule has 0 bridgehead atoms. The Balaban J connectivity index is 2.36. The first kappa shape index (κ1) is 14.7. The van der Waals surface area contributed by atoms with Gasteiger partial charge in [-0.25, -0.2) is 0 Å². The fourth-order valence-corrected chi connectivity index (χ4v) is 1.93. The number of nitrogens with zero attached hydrogens (tertiary/aromatic N) is 3. The fraction of sp³-hybridized carbons (Fsp3) is 0.400. The van der Waals surface area contributed by atoms with Crippen LogP contribution in [0.4, 0.5) is 0 Å². The number of rotatable bonds is 3. The maximum absolute atomic E-state index is 5.90. The predicted octanol–water partition coefficient (Wildman–Crippen LogP) is 3.89. The first-order valence-electron chi connectivity index (χ1n) is 6.55. The minimum Gasteiger partial charge on any atom is -0.464 e. The second-order valence-electron chi connectivity index (χ2n) is 5.47. The van der Waals surface area contributed by atoms with Gasteiger partial charge in [0, 0.05) is 5.56 Å². The van der Waals surface area contributed by atoms with Crippen molar-refractivity contribution >= 4 is 11.6 Å². The van der Waals surface area contributed by atoms with Crippen molar-refractivity contribution in [3.05, 3.63) is 35.1 Å². The summed E-state index contributed by atoms with van der Waals surface area (Å²) in [5.74, 6) is 0.522. The Bertz CT molecular complexity index is 591. The van der Waals surface area contributed by atoms with Crippen molar-refractivity contribution < 1.29 is 4.74 Å². The lowest BCUT2D eigenvalue weighted by Gasteiger charge is -2.19. The number of aromatic nitrogens is 3. The molecule has 0 radical (unpaired) electrons. The minimum atomic E-state index is 0.117. The molecule has 0 atom stereocenters. The Morgan fingerprint density at radius 2 is 1.70 bits per heavy atom. The van der Waals surface area contributed by atoms with Crippen LogP contribution in [0.25, 0.3) is 11.4 Å². The summed E-state index contributed by atoms with van der Waals surface area (Å²) in [4.78, 5) is 12.3. The SMILES string of the molecule is CCOc1nc(Cl)nc(-c2ccc(C(C)(C)C)cc2)n1. The first-order chi connectivity index (χ1) is 9.40. The van der Waals surface area contributed by atoms with E-state index in [1.54, 1.807) is 0 Å². The molecule has 0 N–H and O–H groups in total. The fourth-order valence-electron chi connectivity index (χ4n) is 1.77. The van der Waals surface area contributed by atoms with Crippen molar-refractivity contribution in [1.82, 2.24) is 15.0 Å². The highest BCUT2D eigenvalue weighted by molar-refractivity contribution is 6.28. The zero-order valence-corrected chi connectivity index (χ0v) is 12.9. The first-order valence-corrected chi connectivity index (χ1v) is 6.93. The highest BCUT2D eigenvalue weighted by Crippen LogP contribution is 2.25. The van der Waals surface area contributed by atoms with Crippen LogP contribution in [0.1, 0.15) is 33.3 Å².